The summed E-state index contributed by atoms with van der Waals surface area (Å²) in [6.45, 7) is 0. The molecule has 8 nitrogen and oxygen atoms in total. The summed E-state index contributed by atoms with van der Waals surface area (Å²) in [6.07, 6.45) is 0. The van der Waals surface area contributed by atoms with Gasteiger partial charge in [-0.15, -0.1) is 0 Å². The van der Waals surface area contributed by atoms with E-state index < -0.39 is 20.0 Å². The number of nitrogens with zero attached hydrogens (tertiary/aromatic N) is 1. The Hall–Kier alpha value is -3.24. The third-order valence-corrected chi connectivity index (χ3v) is 7.71. The molecular formula is C21H22N2O6S2. The Kier molecular flexibility index (Phi) is 6.42. The number of rotatable bonds is 8. The quantitative estimate of drug-likeness (QED) is 0.551. The first-order valence-electron chi connectivity index (χ1n) is 9.08. The Morgan fingerprint density at radius 3 is 2.16 bits per heavy atom. The van der Waals surface area contributed by atoms with Gasteiger partial charge < -0.3 is 9.47 Å². The average Bonchev–Trinajstić information content (AvgIpc) is 2.78. The van der Waals surface area contributed by atoms with E-state index in [1.54, 1.807) is 36.4 Å². The molecule has 3 rings (SSSR count). The van der Waals surface area contributed by atoms with Gasteiger partial charge in [0.15, 0.2) is 0 Å². The molecule has 10 heteroatoms. The molecule has 0 radical (unpaired) electrons. The van der Waals surface area contributed by atoms with E-state index in [4.69, 9.17) is 9.47 Å². The molecule has 1 N–H and O–H groups in total. The van der Waals surface area contributed by atoms with Gasteiger partial charge in [-0.25, -0.2) is 16.8 Å². The van der Waals surface area contributed by atoms with Crippen LogP contribution in [0.2, 0.25) is 0 Å². The van der Waals surface area contributed by atoms with Gasteiger partial charge in [-0.2, -0.15) is 0 Å². The zero-order valence-corrected chi connectivity index (χ0v) is 18.8. The summed E-state index contributed by atoms with van der Waals surface area (Å²) < 4.78 is 65.7. The summed E-state index contributed by atoms with van der Waals surface area (Å²) in [5.41, 5.74) is 0.571. The molecule has 0 spiro atoms. The van der Waals surface area contributed by atoms with E-state index in [1.165, 1.54) is 57.7 Å². The Balaban J connectivity index is 1.95. The largest absolute Gasteiger partial charge is 0.497 e. The second kappa shape index (κ2) is 8.86. The third kappa shape index (κ3) is 4.75. The number of benzene rings is 3. The fraction of sp³-hybridized carbons (Fsp3) is 0.143. The first-order chi connectivity index (χ1) is 14.7. The van der Waals surface area contributed by atoms with Gasteiger partial charge in [-0.3, -0.25) is 9.03 Å². The fourth-order valence-corrected chi connectivity index (χ4v) is 5.34. The molecule has 164 valence electrons. The highest BCUT2D eigenvalue weighted by atomic mass is 32.2. The highest BCUT2D eigenvalue weighted by molar-refractivity contribution is 7.93. The van der Waals surface area contributed by atoms with Crippen LogP contribution in [0.1, 0.15) is 0 Å². The van der Waals surface area contributed by atoms with Crippen molar-refractivity contribution in [2.24, 2.45) is 0 Å². The minimum atomic E-state index is -4.09. The van der Waals surface area contributed by atoms with Crippen LogP contribution in [0.15, 0.2) is 82.6 Å². The van der Waals surface area contributed by atoms with E-state index in [1.807, 2.05) is 0 Å². The van der Waals surface area contributed by atoms with Crippen molar-refractivity contribution in [3.8, 4) is 11.5 Å². The molecule has 0 aromatic heterocycles. The van der Waals surface area contributed by atoms with Gasteiger partial charge in [0.1, 0.15) is 16.4 Å². The Morgan fingerprint density at radius 1 is 0.806 bits per heavy atom. The highest BCUT2D eigenvalue weighted by Crippen LogP contribution is 2.30. The van der Waals surface area contributed by atoms with Gasteiger partial charge in [-0.05, 0) is 42.5 Å². The molecule has 3 aromatic carbocycles. The van der Waals surface area contributed by atoms with Gasteiger partial charge in [0, 0.05) is 13.1 Å². The fourth-order valence-electron chi connectivity index (χ4n) is 2.86. The third-order valence-electron chi connectivity index (χ3n) is 4.52. The van der Waals surface area contributed by atoms with Crippen LogP contribution in [-0.4, -0.2) is 38.1 Å². The Morgan fingerprint density at radius 2 is 1.52 bits per heavy atom. The van der Waals surface area contributed by atoms with E-state index in [9.17, 15) is 16.8 Å². The van der Waals surface area contributed by atoms with Crippen molar-refractivity contribution in [1.82, 2.24) is 0 Å². The standard InChI is InChI=1S/C21H22N2O6S2/c1-23(17-9-5-4-6-10-17)31(26,27)19-11-7-8-16(14-19)22-30(24,25)21-15-18(28-2)12-13-20(21)29-3/h4-15,22H,1-3H3. The SMILES string of the molecule is COc1ccc(OC)c(S(=O)(=O)Nc2cccc(S(=O)(=O)N(C)c3ccccc3)c2)c1. The molecule has 0 aliphatic rings. The van der Waals surface area contributed by atoms with Crippen molar-refractivity contribution in [1.29, 1.82) is 0 Å². The van der Waals surface area contributed by atoms with Crippen LogP contribution in [0.4, 0.5) is 11.4 Å². The van der Waals surface area contributed by atoms with Crippen LogP contribution in [0.25, 0.3) is 0 Å². The lowest BCUT2D eigenvalue weighted by molar-refractivity contribution is 0.392. The summed E-state index contributed by atoms with van der Waals surface area (Å²) in [5, 5.41) is 0. The first kappa shape index (κ1) is 22.4. The molecule has 0 aliphatic heterocycles. The van der Waals surface area contributed by atoms with Crippen LogP contribution in [0.3, 0.4) is 0 Å². The van der Waals surface area contributed by atoms with Crippen LogP contribution in [-0.2, 0) is 20.0 Å². The maximum atomic E-state index is 13.0. The van der Waals surface area contributed by atoms with Gasteiger partial charge in [0.2, 0.25) is 0 Å². The molecule has 31 heavy (non-hydrogen) atoms. The molecule has 0 saturated heterocycles. The normalized spacial score (nSPS) is 11.6. The summed E-state index contributed by atoms with van der Waals surface area (Å²) in [7, 11) is -3.78. The summed E-state index contributed by atoms with van der Waals surface area (Å²) in [4.78, 5) is -0.194. The molecule has 0 amide bonds. The van der Waals surface area contributed by atoms with Crippen molar-refractivity contribution in [2.45, 2.75) is 9.79 Å². The maximum Gasteiger partial charge on any atom is 0.265 e. The molecular weight excluding hydrogens is 440 g/mol. The number of ether oxygens (including phenoxy) is 2. The van der Waals surface area contributed by atoms with Gasteiger partial charge in [0.25, 0.3) is 20.0 Å². The molecule has 0 saturated carbocycles. The molecule has 0 bridgehead atoms. The Labute approximate surface area is 182 Å². The number of sulfonamides is 2. The smallest absolute Gasteiger partial charge is 0.265 e. The molecule has 0 aliphatic carbocycles. The minimum absolute atomic E-state index is 0.0586. The lowest BCUT2D eigenvalue weighted by atomic mass is 10.3. The average molecular weight is 463 g/mol. The second-order valence-electron chi connectivity index (χ2n) is 6.46. The minimum Gasteiger partial charge on any atom is -0.497 e. The number of nitrogens with one attached hydrogen (secondary N) is 1. The molecule has 0 heterocycles. The number of hydrogen-bond donors (Lipinski definition) is 1. The van der Waals surface area contributed by atoms with Crippen molar-refractivity contribution in [2.75, 3.05) is 30.3 Å². The number of para-hydroxylation sites is 1. The molecule has 0 fully saturated rings. The van der Waals surface area contributed by atoms with E-state index >= 15 is 0 Å². The molecule has 0 unspecified atom stereocenters. The molecule has 0 atom stereocenters. The van der Waals surface area contributed by atoms with Crippen LogP contribution >= 0.6 is 0 Å². The lowest BCUT2D eigenvalue weighted by Gasteiger charge is -2.20. The maximum absolute atomic E-state index is 13.0. The topological polar surface area (TPSA) is 102 Å². The highest BCUT2D eigenvalue weighted by Gasteiger charge is 2.24. The van der Waals surface area contributed by atoms with E-state index in [0.717, 1.165) is 4.31 Å². The number of anilines is 2. The first-order valence-corrected chi connectivity index (χ1v) is 12.0. The van der Waals surface area contributed by atoms with E-state index in [-0.39, 0.29) is 21.2 Å². The monoisotopic (exact) mass is 462 g/mol. The summed E-state index contributed by atoms with van der Waals surface area (Å²) >= 11 is 0. The summed E-state index contributed by atoms with van der Waals surface area (Å²) in [5.74, 6) is 0.461. The molecule has 3 aromatic rings. The van der Waals surface area contributed by atoms with E-state index in [0.29, 0.717) is 11.4 Å². The zero-order valence-electron chi connectivity index (χ0n) is 17.1. The van der Waals surface area contributed by atoms with Crippen molar-refractivity contribution in [3.05, 3.63) is 72.8 Å². The number of methoxy groups -OCH3 is 2. The predicted octanol–water partition coefficient (Wildman–Crippen LogP) is 3.33. The van der Waals surface area contributed by atoms with Crippen LogP contribution in [0.5, 0.6) is 11.5 Å². The van der Waals surface area contributed by atoms with Crippen molar-refractivity contribution < 1.29 is 26.3 Å². The number of hydrogen-bond acceptors (Lipinski definition) is 6. The lowest BCUT2D eigenvalue weighted by Crippen LogP contribution is -2.26. The van der Waals surface area contributed by atoms with Gasteiger partial charge in [-0.1, -0.05) is 24.3 Å². The zero-order chi connectivity index (χ0) is 22.6. The second-order valence-corrected chi connectivity index (χ2v) is 10.1. The predicted molar refractivity (Wildman–Crippen MR) is 119 cm³/mol. The van der Waals surface area contributed by atoms with Gasteiger partial charge in [0.05, 0.1) is 30.5 Å². The summed E-state index contributed by atoms with van der Waals surface area (Å²) in [6, 6.07) is 18.5. The van der Waals surface area contributed by atoms with Crippen LogP contribution < -0.4 is 18.5 Å². The van der Waals surface area contributed by atoms with Crippen LogP contribution in [0, 0.1) is 0 Å². The van der Waals surface area contributed by atoms with Crippen molar-refractivity contribution in [3.63, 3.8) is 0 Å². The van der Waals surface area contributed by atoms with Crippen molar-refractivity contribution >= 4 is 31.4 Å². The van der Waals surface area contributed by atoms with Gasteiger partial charge >= 0.3 is 0 Å². The van der Waals surface area contributed by atoms with E-state index in [2.05, 4.69) is 4.72 Å². The Bertz CT molecular complexity index is 1280.